The van der Waals surface area contributed by atoms with Crippen LogP contribution in [0.4, 0.5) is 0 Å². The molecule has 0 unspecified atom stereocenters. The molecule has 20 heavy (non-hydrogen) atoms. The van der Waals surface area contributed by atoms with Crippen LogP contribution in [0.1, 0.15) is 64.3 Å². The molecule has 0 bridgehead atoms. The van der Waals surface area contributed by atoms with Gasteiger partial charge in [0.25, 0.3) is 0 Å². The first-order valence-electron chi connectivity index (χ1n) is 7.20. The maximum absolute atomic E-state index is 4.67. The number of aromatic nitrogens is 2. The van der Waals surface area contributed by atoms with E-state index in [1.54, 1.807) is 0 Å². The number of aryl methyl sites for hydroxylation is 2. The largest absolute Gasteiger partial charge is 0.308 e. The Labute approximate surface area is 128 Å². The highest BCUT2D eigenvalue weighted by atomic mass is 32.2. The standard InChI is InChI=1S/C16H29N3S/c1-11-13(9-17-15(3,4)5)12(2)19-14(18-11)10-20-16(6,7)8/h17H,9-10H2,1-8H3. The molecule has 0 aromatic carbocycles. The molecule has 0 aliphatic carbocycles. The molecular formula is C16H29N3S. The van der Waals surface area contributed by atoms with E-state index in [4.69, 9.17) is 0 Å². The summed E-state index contributed by atoms with van der Waals surface area (Å²) in [6.07, 6.45) is 0. The molecule has 1 rings (SSSR count). The lowest BCUT2D eigenvalue weighted by molar-refractivity contribution is 0.422. The van der Waals surface area contributed by atoms with Crippen LogP contribution in [0.25, 0.3) is 0 Å². The Bertz CT molecular complexity index is 433. The smallest absolute Gasteiger partial charge is 0.138 e. The molecule has 1 N–H and O–H groups in total. The molecule has 3 nitrogen and oxygen atoms in total. The van der Waals surface area contributed by atoms with E-state index in [-0.39, 0.29) is 10.3 Å². The number of rotatable bonds is 4. The van der Waals surface area contributed by atoms with Crippen molar-refractivity contribution in [1.82, 2.24) is 15.3 Å². The van der Waals surface area contributed by atoms with Gasteiger partial charge in [-0.25, -0.2) is 9.97 Å². The Morgan fingerprint density at radius 1 is 0.950 bits per heavy atom. The van der Waals surface area contributed by atoms with Crippen LogP contribution in [0.2, 0.25) is 0 Å². The zero-order chi connectivity index (χ0) is 15.6. The SMILES string of the molecule is Cc1nc(CSC(C)(C)C)nc(C)c1CNC(C)(C)C. The molecule has 0 radical (unpaired) electrons. The first-order chi connectivity index (χ1) is 8.98. The second kappa shape index (κ2) is 6.44. The van der Waals surface area contributed by atoms with Gasteiger partial charge in [-0.15, -0.1) is 11.8 Å². The Kier molecular flexibility index (Phi) is 5.61. The van der Waals surface area contributed by atoms with E-state index in [1.807, 2.05) is 11.8 Å². The van der Waals surface area contributed by atoms with Crippen molar-refractivity contribution in [3.05, 3.63) is 22.8 Å². The van der Waals surface area contributed by atoms with Gasteiger partial charge in [-0.1, -0.05) is 20.8 Å². The third kappa shape index (κ3) is 6.23. The summed E-state index contributed by atoms with van der Waals surface area (Å²) >= 11 is 1.89. The van der Waals surface area contributed by atoms with Crippen molar-refractivity contribution in [2.45, 2.75) is 78.0 Å². The molecule has 0 saturated heterocycles. The van der Waals surface area contributed by atoms with Gasteiger partial charge in [-0.3, -0.25) is 0 Å². The Morgan fingerprint density at radius 3 is 1.85 bits per heavy atom. The van der Waals surface area contributed by atoms with Crippen molar-refractivity contribution >= 4 is 11.8 Å². The second-order valence-electron chi connectivity index (χ2n) is 7.29. The lowest BCUT2D eigenvalue weighted by Crippen LogP contribution is -2.35. The Balaban J connectivity index is 2.81. The van der Waals surface area contributed by atoms with Gasteiger partial charge >= 0.3 is 0 Å². The highest BCUT2D eigenvalue weighted by molar-refractivity contribution is 7.99. The monoisotopic (exact) mass is 295 g/mol. The summed E-state index contributed by atoms with van der Waals surface area (Å²) in [7, 11) is 0. The molecule has 1 aromatic rings. The molecule has 0 spiro atoms. The van der Waals surface area contributed by atoms with Gasteiger partial charge in [0, 0.05) is 33.8 Å². The van der Waals surface area contributed by atoms with Crippen LogP contribution in [0, 0.1) is 13.8 Å². The van der Waals surface area contributed by atoms with Crippen LogP contribution < -0.4 is 5.32 Å². The number of thioether (sulfide) groups is 1. The van der Waals surface area contributed by atoms with Crippen molar-refractivity contribution < 1.29 is 0 Å². The van der Waals surface area contributed by atoms with Crippen LogP contribution in [-0.4, -0.2) is 20.3 Å². The van der Waals surface area contributed by atoms with Gasteiger partial charge in [-0.05, 0) is 34.6 Å². The fraction of sp³-hybridized carbons (Fsp3) is 0.750. The van der Waals surface area contributed by atoms with Crippen LogP contribution in [0.5, 0.6) is 0 Å². The lowest BCUT2D eigenvalue weighted by atomic mass is 10.1. The fourth-order valence-electron chi connectivity index (χ4n) is 1.76. The van der Waals surface area contributed by atoms with Gasteiger partial charge in [0.2, 0.25) is 0 Å². The van der Waals surface area contributed by atoms with E-state index < -0.39 is 0 Å². The molecule has 1 aromatic heterocycles. The van der Waals surface area contributed by atoms with Crippen LogP contribution in [-0.2, 0) is 12.3 Å². The zero-order valence-electron chi connectivity index (χ0n) is 14.2. The summed E-state index contributed by atoms with van der Waals surface area (Å²) in [4.78, 5) is 9.33. The zero-order valence-corrected chi connectivity index (χ0v) is 15.0. The summed E-state index contributed by atoms with van der Waals surface area (Å²) in [5, 5.41) is 3.51. The van der Waals surface area contributed by atoms with E-state index in [0.717, 1.165) is 29.5 Å². The molecule has 0 aliphatic rings. The number of nitrogens with zero attached hydrogens (tertiary/aromatic N) is 2. The predicted octanol–water partition coefficient (Wildman–Crippen LogP) is 4.01. The first kappa shape index (κ1) is 17.4. The van der Waals surface area contributed by atoms with Gasteiger partial charge in [0.1, 0.15) is 5.82 Å². The summed E-state index contributed by atoms with van der Waals surface area (Å²) < 4.78 is 0.248. The highest BCUT2D eigenvalue weighted by Crippen LogP contribution is 2.26. The molecule has 114 valence electrons. The average Bonchev–Trinajstić information content (AvgIpc) is 2.22. The quantitative estimate of drug-likeness (QED) is 0.910. The molecule has 0 aliphatic heterocycles. The van der Waals surface area contributed by atoms with E-state index in [0.29, 0.717) is 0 Å². The Morgan fingerprint density at radius 2 is 1.45 bits per heavy atom. The number of hydrogen-bond acceptors (Lipinski definition) is 4. The summed E-state index contributed by atoms with van der Waals surface area (Å²) in [6, 6.07) is 0. The topological polar surface area (TPSA) is 37.8 Å². The highest BCUT2D eigenvalue weighted by Gasteiger charge is 2.15. The van der Waals surface area contributed by atoms with Crippen molar-refractivity contribution in [3.8, 4) is 0 Å². The normalized spacial score (nSPS) is 12.8. The van der Waals surface area contributed by atoms with E-state index in [1.165, 1.54) is 5.56 Å². The molecule has 0 amide bonds. The average molecular weight is 295 g/mol. The van der Waals surface area contributed by atoms with Crippen LogP contribution in [0.15, 0.2) is 0 Å². The number of hydrogen-bond donors (Lipinski definition) is 1. The van der Waals surface area contributed by atoms with E-state index >= 15 is 0 Å². The van der Waals surface area contributed by atoms with Gasteiger partial charge in [0.15, 0.2) is 0 Å². The lowest BCUT2D eigenvalue weighted by Gasteiger charge is -2.22. The summed E-state index contributed by atoms with van der Waals surface area (Å²) in [5.41, 5.74) is 3.53. The van der Waals surface area contributed by atoms with E-state index in [2.05, 4.69) is 70.7 Å². The minimum absolute atomic E-state index is 0.111. The van der Waals surface area contributed by atoms with Gasteiger partial charge in [-0.2, -0.15) is 0 Å². The Hall–Kier alpha value is -0.610. The molecule has 4 heteroatoms. The van der Waals surface area contributed by atoms with Gasteiger partial charge < -0.3 is 5.32 Å². The predicted molar refractivity (Wildman–Crippen MR) is 89.1 cm³/mol. The third-order valence-corrected chi connectivity index (χ3v) is 4.17. The maximum Gasteiger partial charge on any atom is 0.138 e. The fourth-order valence-corrected chi connectivity index (χ4v) is 2.46. The van der Waals surface area contributed by atoms with Crippen molar-refractivity contribution in [1.29, 1.82) is 0 Å². The van der Waals surface area contributed by atoms with Crippen LogP contribution in [0.3, 0.4) is 0 Å². The summed E-state index contributed by atoms with van der Waals surface area (Å²) in [6.45, 7) is 18.2. The molecule has 1 heterocycles. The second-order valence-corrected chi connectivity index (χ2v) is 9.10. The minimum atomic E-state index is 0.111. The third-order valence-electron chi connectivity index (χ3n) is 2.90. The molecule has 0 fully saturated rings. The maximum atomic E-state index is 4.67. The van der Waals surface area contributed by atoms with Crippen molar-refractivity contribution in [2.75, 3.05) is 0 Å². The van der Waals surface area contributed by atoms with Crippen molar-refractivity contribution in [2.24, 2.45) is 0 Å². The molecular weight excluding hydrogens is 266 g/mol. The summed E-state index contributed by atoms with van der Waals surface area (Å²) in [5.74, 6) is 1.82. The molecule has 0 saturated carbocycles. The van der Waals surface area contributed by atoms with Crippen LogP contribution >= 0.6 is 11.8 Å². The minimum Gasteiger partial charge on any atom is -0.308 e. The first-order valence-corrected chi connectivity index (χ1v) is 8.18. The van der Waals surface area contributed by atoms with E-state index in [9.17, 15) is 0 Å². The van der Waals surface area contributed by atoms with Gasteiger partial charge in [0.05, 0.1) is 5.75 Å². The van der Waals surface area contributed by atoms with Crippen molar-refractivity contribution in [3.63, 3.8) is 0 Å². The number of nitrogens with one attached hydrogen (secondary N) is 1. The molecule has 0 atom stereocenters.